The Balaban J connectivity index is 2.10. The van der Waals surface area contributed by atoms with Crippen LogP contribution in [-0.2, 0) is 0 Å². The van der Waals surface area contributed by atoms with Crippen molar-refractivity contribution >= 4 is 23.5 Å². The van der Waals surface area contributed by atoms with Crippen molar-refractivity contribution in [2.75, 3.05) is 24.3 Å². The van der Waals surface area contributed by atoms with Crippen molar-refractivity contribution < 1.29 is 0 Å². The maximum Gasteiger partial charge on any atom is 0.230 e. The van der Waals surface area contributed by atoms with Crippen LogP contribution in [0.2, 0.25) is 5.28 Å². The molecule has 2 rings (SSSR count). The lowest BCUT2D eigenvalue weighted by molar-refractivity contribution is 0.601. The Hall–Kier alpha value is -1.10. The van der Waals surface area contributed by atoms with Gasteiger partial charge in [-0.25, -0.2) is 0 Å². The molecule has 1 aliphatic rings. The Morgan fingerprint density at radius 1 is 1.24 bits per heavy atom. The van der Waals surface area contributed by atoms with Crippen molar-refractivity contribution in [3.05, 3.63) is 5.28 Å². The minimum Gasteiger partial charge on any atom is -0.351 e. The quantitative estimate of drug-likeness (QED) is 0.897. The third-order valence-corrected chi connectivity index (χ3v) is 3.19. The van der Waals surface area contributed by atoms with Gasteiger partial charge in [-0.15, -0.1) is 0 Å². The van der Waals surface area contributed by atoms with Gasteiger partial charge in [0.25, 0.3) is 0 Å². The molecule has 2 atom stereocenters. The average Bonchev–Trinajstić information content (AvgIpc) is 2.63. The van der Waals surface area contributed by atoms with Gasteiger partial charge in [-0.2, -0.15) is 15.0 Å². The summed E-state index contributed by atoms with van der Waals surface area (Å²) in [5, 5.41) is 3.57. The minimum atomic E-state index is 0.234. The predicted molar refractivity (Wildman–Crippen MR) is 69.6 cm³/mol. The highest BCUT2D eigenvalue weighted by Crippen LogP contribution is 2.27. The zero-order chi connectivity index (χ0) is 12.4. The number of nitrogens with one attached hydrogen (secondary N) is 1. The second-order valence-electron chi connectivity index (χ2n) is 4.88. The summed E-state index contributed by atoms with van der Waals surface area (Å²) in [4.78, 5) is 14.3. The molecule has 1 fully saturated rings. The number of rotatable bonds is 3. The summed E-state index contributed by atoms with van der Waals surface area (Å²) in [5.41, 5.74) is 0. The van der Waals surface area contributed by atoms with Crippen LogP contribution in [-0.4, -0.2) is 35.1 Å². The molecule has 0 spiro atoms. The first-order valence-electron chi connectivity index (χ1n) is 5.90. The Bertz CT molecular complexity index is 395. The van der Waals surface area contributed by atoms with E-state index in [2.05, 4.69) is 27.2 Å². The van der Waals surface area contributed by atoms with Crippen LogP contribution in [0.1, 0.15) is 26.2 Å². The summed E-state index contributed by atoms with van der Waals surface area (Å²) in [5.74, 6) is 1.93. The first-order chi connectivity index (χ1) is 8.04. The van der Waals surface area contributed by atoms with Crippen LogP contribution in [0.5, 0.6) is 0 Å². The Morgan fingerprint density at radius 3 is 2.59 bits per heavy atom. The molecule has 2 unspecified atom stereocenters. The van der Waals surface area contributed by atoms with Crippen molar-refractivity contribution in [1.82, 2.24) is 15.0 Å². The molecule has 1 heterocycles. The maximum absolute atomic E-state index is 5.88. The predicted octanol–water partition coefficient (Wildman–Crippen LogP) is 2.19. The van der Waals surface area contributed by atoms with Gasteiger partial charge in [0.1, 0.15) is 0 Å². The van der Waals surface area contributed by atoms with Gasteiger partial charge in [0, 0.05) is 20.1 Å². The molecule has 1 saturated carbocycles. The molecule has 94 valence electrons. The summed E-state index contributed by atoms with van der Waals surface area (Å²) >= 11 is 5.88. The highest BCUT2D eigenvalue weighted by atomic mass is 35.5. The molecular weight excluding hydrogens is 238 g/mol. The van der Waals surface area contributed by atoms with E-state index in [-0.39, 0.29) is 5.28 Å². The van der Waals surface area contributed by atoms with E-state index in [9.17, 15) is 0 Å². The molecule has 1 aromatic rings. The van der Waals surface area contributed by atoms with Crippen LogP contribution in [0.25, 0.3) is 0 Å². The van der Waals surface area contributed by atoms with E-state index < -0.39 is 0 Å². The van der Waals surface area contributed by atoms with E-state index >= 15 is 0 Å². The normalized spacial score (nSPS) is 23.8. The molecule has 1 aromatic heterocycles. The summed E-state index contributed by atoms with van der Waals surface area (Å²) in [6.07, 6.45) is 3.60. The number of nitrogens with zero attached hydrogens (tertiary/aromatic N) is 4. The highest BCUT2D eigenvalue weighted by molar-refractivity contribution is 6.28. The monoisotopic (exact) mass is 255 g/mol. The van der Waals surface area contributed by atoms with E-state index in [1.165, 1.54) is 19.3 Å². The average molecular weight is 256 g/mol. The lowest BCUT2D eigenvalue weighted by Crippen LogP contribution is -2.20. The maximum atomic E-state index is 5.88. The second-order valence-corrected chi connectivity index (χ2v) is 5.22. The topological polar surface area (TPSA) is 53.9 Å². The number of aromatic nitrogens is 3. The van der Waals surface area contributed by atoms with Crippen molar-refractivity contribution in [3.8, 4) is 0 Å². The molecular formula is C11H18ClN5. The zero-order valence-electron chi connectivity index (χ0n) is 10.4. The molecule has 0 saturated heterocycles. The third kappa shape index (κ3) is 3.19. The smallest absolute Gasteiger partial charge is 0.230 e. The molecule has 0 amide bonds. The molecule has 5 nitrogen and oxygen atoms in total. The SMILES string of the molecule is CC1CCC(Nc2nc(Cl)nc(N(C)C)n2)C1. The third-order valence-electron chi connectivity index (χ3n) is 3.02. The van der Waals surface area contributed by atoms with Crippen LogP contribution < -0.4 is 10.2 Å². The fourth-order valence-electron chi connectivity index (χ4n) is 2.12. The zero-order valence-corrected chi connectivity index (χ0v) is 11.2. The fourth-order valence-corrected chi connectivity index (χ4v) is 2.28. The summed E-state index contributed by atoms with van der Waals surface area (Å²) < 4.78 is 0. The molecule has 1 aliphatic carbocycles. The van der Waals surface area contributed by atoms with Crippen LogP contribution in [0.4, 0.5) is 11.9 Å². The van der Waals surface area contributed by atoms with Crippen LogP contribution in [0.3, 0.4) is 0 Å². The van der Waals surface area contributed by atoms with Crippen LogP contribution in [0.15, 0.2) is 0 Å². The van der Waals surface area contributed by atoms with Gasteiger partial charge in [-0.05, 0) is 36.8 Å². The Kier molecular flexibility index (Phi) is 3.66. The first-order valence-corrected chi connectivity index (χ1v) is 6.28. The van der Waals surface area contributed by atoms with Crippen molar-refractivity contribution in [2.24, 2.45) is 5.92 Å². The summed E-state index contributed by atoms with van der Waals surface area (Å²) in [6, 6.07) is 0.457. The standard InChI is InChI=1S/C11H18ClN5/c1-7-4-5-8(6-7)13-10-14-9(12)15-11(16-10)17(2)3/h7-8H,4-6H2,1-3H3,(H,13,14,15,16). The fraction of sp³-hybridized carbons (Fsp3) is 0.727. The first kappa shape index (κ1) is 12.4. The highest BCUT2D eigenvalue weighted by Gasteiger charge is 2.22. The molecule has 6 heteroatoms. The number of anilines is 2. The van der Waals surface area contributed by atoms with Gasteiger partial charge in [-0.3, -0.25) is 0 Å². The van der Waals surface area contributed by atoms with Gasteiger partial charge in [0.2, 0.25) is 17.2 Å². The molecule has 17 heavy (non-hydrogen) atoms. The Labute approximate surface area is 107 Å². The number of halogens is 1. The van der Waals surface area contributed by atoms with Crippen molar-refractivity contribution in [3.63, 3.8) is 0 Å². The summed E-state index contributed by atoms with van der Waals surface area (Å²) in [6.45, 7) is 2.27. The number of hydrogen-bond donors (Lipinski definition) is 1. The molecule has 0 bridgehead atoms. The van der Waals surface area contributed by atoms with Gasteiger partial charge in [-0.1, -0.05) is 6.92 Å². The van der Waals surface area contributed by atoms with Crippen LogP contribution >= 0.6 is 11.6 Å². The molecule has 0 aliphatic heterocycles. The molecule has 1 N–H and O–H groups in total. The van der Waals surface area contributed by atoms with Gasteiger partial charge < -0.3 is 10.2 Å². The van der Waals surface area contributed by atoms with Gasteiger partial charge in [0.05, 0.1) is 0 Å². The minimum absolute atomic E-state index is 0.234. The van der Waals surface area contributed by atoms with Crippen molar-refractivity contribution in [1.29, 1.82) is 0 Å². The lowest BCUT2D eigenvalue weighted by Gasteiger charge is -2.15. The van der Waals surface area contributed by atoms with E-state index in [1.54, 1.807) is 0 Å². The van der Waals surface area contributed by atoms with E-state index in [4.69, 9.17) is 11.6 Å². The number of hydrogen-bond acceptors (Lipinski definition) is 5. The van der Waals surface area contributed by atoms with E-state index in [0.29, 0.717) is 17.9 Å². The van der Waals surface area contributed by atoms with Gasteiger partial charge in [0.15, 0.2) is 0 Å². The van der Waals surface area contributed by atoms with Crippen LogP contribution in [0, 0.1) is 5.92 Å². The van der Waals surface area contributed by atoms with E-state index in [0.717, 1.165) is 5.92 Å². The second kappa shape index (κ2) is 5.04. The Morgan fingerprint density at radius 2 is 2.00 bits per heavy atom. The lowest BCUT2D eigenvalue weighted by atomic mass is 10.1. The van der Waals surface area contributed by atoms with Gasteiger partial charge >= 0.3 is 0 Å². The largest absolute Gasteiger partial charge is 0.351 e. The van der Waals surface area contributed by atoms with E-state index in [1.807, 2.05) is 19.0 Å². The molecule has 0 radical (unpaired) electrons. The molecule has 0 aromatic carbocycles. The summed E-state index contributed by atoms with van der Waals surface area (Å²) in [7, 11) is 3.76. The van der Waals surface area contributed by atoms with Crippen molar-refractivity contribution in [2.45, 2.75) is 32.2 Å².